The normalized spacial score (nSPS) is 15.9. The van der Waals surface area contributed by atoms with Crippen molar-refractivity contribution in [2.24, 2.45) is 12.8 Å². The maximum atomic E-state index is 12.0. The summed E-state index contributed by atoms with van der Waals surface area (Å²) in [6, 6.07) is 13.1. The lowest BCUT2D eigenvalue weighted by Gasteiger charge is -2.32. The van der Waals surface area contributed by atoms with Gasteiger partial charge in [-0.15, -0.1) is 0 Å². The van der Waals surface area contributed by atoms with E-state index in [1.54, 1.807) is 12.3 Å². The molecule has 2 aromatic heterocycles. The molecule has 35 heavy (non-hydrogen) atoms. The topological polar surface area (TPSA) is 124 Å². The second-order valence-electron chi connectivity index (χ2n) is 8.71. The lowest BCUT2D eigenvalue weighted by atomic mass is 10.0. The number of ether oxygens (including phenoxy) is 1. The van der Waals surface area contributed by atoms with Gasteiger partial charge in [-0.05, 0) is 25.0 Å². The number of piperidine rings is 1. The van der Waals surface area contributed by atoms with Crippen LogP contribution in [-0.2, 0) is 7.05 Å². The van der Waals surface area contributed by atoms with Crippen LogP contribution in [0.25, 0.3) is 22.2 Å². The summed E-state index contributed by atoms with van der Waals surface area (Å²) in [5.74, 6) is 0.777. The molecule has 0 amide bonds. The average molecular weight is 474 g/mol. The van der Waals surface area contributed by atoms with Crippen LogP contribution in [0, 0.1) is 10.1 Å². The third-order valence-corrected chi connectivity index (χ3v) is 6.37. The SMILES string of the molecule is COc1cc(N2CCC[C@H](N)C2)c([N+](=O)[O-])cc1Nc1nccc(-c2cn(C)c3ccccc23)n1. The zero-order valence-corrected chi connectivity index (χ0v) is 19.6. The van der Waals surface area contributed by atoms with E-state index in [0.717, 1.165) is 35.0 Å². The molecule has 0 spiro atoms. The second kappa shape index (κ2) is 9.22. The zero-order valence-electron chi connectivity index (χ0n) is 19.6. The number of nitro benzene ring substituents is 1. The van der Waals surface area contributed by atoms with Crippen LogP contribution in [0.5, 0.6) is 5.75 Å². The standard InChI is InChI=1S/C25H27N7O3/c1-30-15-18(17-7-3-4-8-21(17)30)19-9-10-27-25(28-19)29-20-12-23(32(33)34)22(13-24(20)35-2)31-11-5-6-16(26)14-31/h3-4,7-10,12-13,15-16H,5-6,11,14,26H2,1-2H3,(H,27,28,29)/t16-/m0/s1. The van der Waals surface area contributed by atoms with Gasteiger partial charge in [0.15, 0.2) is 0 Å². The smallest absolute Gasteiger partial charge is 0.294 e. The highest BCUT2D eigenvalue weighted by Gasteiger charge is 2.27. The first kappa shape index (κ1) is 22.6. The summed E-state index contributed by atoms with van der Waals surface area (Å²) in [6.07, 6.45) is 5.48. The number of nitrogens with one attached hydrogen (secondary N) is 1. The van der Waals surface area contributed by atoms with Crippen LogP contribution in [-0.4, -0.2) is 45.7 Å². The van der Waals surface area contributed by atoms with Crippen LogP contribution in [0.1, 0.15) is 12.8 Å². The van der Waals surface area contributed by atoms with Crippen LogP contribution in [0.2, 0.25) is 0 Å². The Balaban J connectivity index is 1.51. The summed E-state index contributed by atoms with van der Waals surface area (Å²) in [6.45, 7) is 1.27. The van der Waals surface area contributed by atoms with Gasteiger partial charge in [0.1, 0.15) is 11.4 Å². The number of hydrogen-bond acceptors (Lipinski definition) is 8. The molecule has 1 atom stereocenters. The number of benzene rings is 2. The van der Waals surface area contributed by atoms with Crippen LogP contribution >= 0.6 is 0 Å². The molecule has 0 bridgehead atoms. The van der Waals surface area contributed by atoms with E-state index in [-0.39, 0.29) is 16.7 Å². The average Bonchev–Trinajstić information content (AvgIpc) is 3.20. The molecule has 10 heteroatoms. The molecule has 1 saturated heterocycles. The third-order valence-electron chi connectivity index (χ3n) is 6.37. The van der Waals surface area contributed by atoms with Crippen molar-refractivity contribution in [2.75, 3.05) is 30.4 Å². The molecule has 4 aromatic rings. The Morgan fingerprint density at radius 1 is 1.26 bits per heavy atom. The molecule has 1 aliphatic rings. The van der Waals surface area contributed by atoms with Gasteiger partial charge in [0, 0.05) is 67.2 Å². The Bertz CT molecular complexity index is 1400. The number of rotatable bonds is 6. The Hall–Kier alpha value is -4.18. The summed E-state index contributed by atoms with van der Waals surface area (Å²) < 4.78 is 7.64. The van der Waals surface area contributed by atoms with E-state index in [1.165, 1.54) is 13.2 Å². The zero-order chi connectivity index (χ0) is 24.5. The monoisotopic (exact) mass is 473 g/mol. The summed E-state index contributed by atoms with van der Waals surface area (Å²) in [7, 11) is 3.53. The van der Waals surface area contributed by atoms with Crippen LogP contribution in [0.4, 0.5) is 23.0 Å². The van der Waals surface area contributed by atoms with Gasteiger partial charge in [0.25, 0.3) is 5.69 Å². The van der Waals surface area contributed by atoms with E-state index in [2.05, 4.69) is 32.0 Å². The minimum Gasteiger partial charge on any atom is -0.494 e. The van der Waals surface area contributed by atoms with Gasteiger partial charge in [-0.3, -0.25) is 10.1 Å². The van der Waals surface area contributed by atoms with Gasteiger partial charge >= 0.3 is 0 Å². The fourth-order valence-corrected chi connectivity index (χ4v) is 4.69. The van der Waals surface area contributed by atoms with E-state index >= 15 is 0 Å². The van der Waals surface area contributed by atoms with Crippen LogP contribution < -0.4 is 20.7 Å². The third kappa shape index (κ3) is 4.35. The number of nitrogens with two attached hydrogens (primary N) is 1. The predicted molar refractivity (Wildman–Crippen MR) is 136 cm³/mol. The van der Waals surface area contributed by atoms with Gasteiger partial charge in [0.2, 0.25) is 5.95 Å². The molecule has 0 saturated carbocycles. The minimum atomic E-state index is -0.381. The first-order valence-corrected chi connectivity index (χ1v) is 11.5. The summed E-state index contributed by atoms with van der Waals surface area (Å²) in [5.41, 5.74) is 9.83. The Morgan fingerprint density at radius 2 is 2.09 bits per heavy atom. The van der Waals surface area contributed by atoms with Crippen molar-refractivity contribution in [1.82, 2.24) is 14.5 Å². The largest absolute Gasteiger partial charge is 0.494 e. The number of nitro groups is 1. The lowest BCUT2D eigenvalue weighted by Crippen LogP contribution is -2.43. The molecule has 180 valence electrons. The fourth-order valence-electron chi connectivity index (χ4n) is 4.69. The number of methoxy groups -OCH3 is 1. The number of fused-ring (bicyclic) bond motifs is 1. The highest BCUT2D eigenvalue weighted by molar-refractivity contribution is 5.95. The molecule has 0 radical (unpaired) electrons. The van der Waals surface area contributed by atoms with E-state index in [0.29, 0.717) is 36.2 Å². The molecule has 5 rings (SSSR count). The molecule has 3 N–H and O–H groups in total. The lowest BCUT2D eigenvalue weighted by molar-refractivity contribution is -0.384. The molecular formula is C25H27N7O3. The van der Waals surface area contributed by atoms with E-state index < -0.39 is 0 Å². The maximum Gasteiger partial charge on any atom is 0.294 e. The Kier molecular flexibility index (Phi) is 5.96. The number of para-hydroxylation sites is 1. The summed E-state index contributed by atoms with van der Waals surface area (Å²) in [5, 5.41) is 16.2. The first-order chi connectivity index (χ1) is 16.9. The minimum absolute atomic E-state index is 0.0163. The van der Waals surface area contributed by atoms with E-state index in [4.69, 9.17) is 10.5 Å². The number of hydrogen-bond donors (Lipinski definition) is 2. The predicted octanol–water partition coefficient (Wildman–Crippen LogP) is 4.22. The molecule has 10 nitrogen and oxygen atoms in total. The Morgan fingerprint density at radius 3 is 2.86 bits per heavy atom. The van der Waals surface area contributed by atoms with Crippen molar-refractivity contribution in [3.63, 3.8) is 0 Å². The molecule has 0 aliphatic carbocycles. The van der Waals surface area contributed by atoms with Gasteiger partial charge in [-0.2, -0.15) is 0 Å². The van der Waals surface area contributed by atoms with Crippen molar-refractivity contribution < 1.29 is 9.66 Å². The highest BCUT2D eigenvalue weighted by Crippen LogP contribution is 2.40. The fraction of sp³-hybridized carbons (Fsp3) is 0.280. The van der Waals surface area contributed by atoms with Crippen molar-refractivity contribution in [2.45, 2.75) is 18.9 Å². The number of anilines is 3. The summed E-state index contributed by atoms with van der Waals surface area (Å²) >= 11 is 0. The maximum absolute atomic E-state index is 12.0. The van der Waals surface area contributed by atoms with Crippen molar-refractivity contribution in [3.8, 4) is 17.0 Å². The first-order valence-electron chi connectivity index (χ1n) is 11.5. The number of aryl methyl sites for hydroxylation is 1. The van der Waals surface area contributed by atoms with Crippen molar-refractivity contribution >= 4 is 33.9 Å². The van der Waals surface area contributed by atoms with Gasteiger partial charge < -0.3 is 25.3 Å². The van der Waals surface area contributed by atoms with Crippen LogP contribution in [0.15, 0.2) is 54.9 Å². The molecular weight excluding hydrogens is 446 g/mol. The van der Waals surface area contributed by atoms with E-state index in [1.807, 2.05) is 36.3 Å². The molecule has 1 aliphatic heterocycles. The summed E-state index contributed by atoms with van der Waals surface area (Å²) in [4.78, 5) is 22.6. The molecule has 1 fully saturated rings. The van der Waals surface area contributed by atoms with Crippen LogP contribution in [0.3, 0.4) is 0 Å². The Labute approximate surface area is 202 Å². The number of nitrogens with zero attached hydrogens (tertiary/aromatic N) is 5. The molecule has 0 unspecified atom stereocenters. The van der Waals surface area contributed by atoms with Crippen molar-refractivity contribution in [1.29, 1.82) is 0 Å². The van der Waals surface area contributed by atoms with E-state index in [9.17, 15) is 10.1 Å². The van der Waals surface area contributed by atoms with Gasteiger partial charge in [-0.25, -0.2) is 9.97 Å². The van der Waals surface area contributed by atoms with Crippen molar-refractivity contribution in [3.05, 3.63) is 65.0 Å². The van der Waals surface area contributed by atoms with Gasteiger partial charge in [-0.1, -0.05) is 18.2 Å². The highest BCUT2D eigenvalue weighted by atomic mass is 16.6. The van der Waals surface area contributed by atoms with Gasteiger partial charge in [0.05, 0.1) is 23.4 Å². The number of aromatic nitrogens is 3. The second-order valence-corrected chi connectivity index (χ2v) is 8.71. The quantitative estimate of drug-likeness (QED) is 0.315. The molecule has 3 heterocycles. The molecule has 2 aromatic carbocycles.